The van der Waals surface area contributed by atoms with Crippen molar-refractivity contribution >= 4 is 11.6 Å². The summed E-state index contributed by atoms with van der Waals surface area (Å²) < 4.78 is 0. The number of carbonyl (C=O) groups is 1. The van der Waals surface area contributed by atoms with E-state index in [1.807, 2.05) is 43.0 Å². The Bertz CT molecular complexity index is 471. The molecule has 0 radical (unpaired) electrons. The van der Waals surface area contributed by atoms with E-state index < -0.39 is 5.60 Å². The lowest BCUT2D eigenvalue weighted by atomic mass is 10.1. The fraction of sp³-hybridized carbons (Fsp3) is 0.562. The van der Waals surface area contributed by atoms with Gasteiger partial charge in [-0.25, -0.2) is 0 Å². The normalized spacial score (nSPS) is 17.0. The van der Waals surface area contributed by atoms with Crippen LogP contribution in [0.4, 0.5) is 5.69 Å². The summed E-state index contributed by atoms with van der Waals surface area (Å²) >= 11 is 0. The number of piperazine rings is 1. The molecule has 3 N–H and O–H groups in total. The van der Waals surface area contributed by atoms with Crippen LogP contribution in [0.5, 0.6) is 0 Å². The molecule has 0 spiro atoms. The fourth-order valence-electron chi connectivity index (χ4n) is 2.62. The summed E-state index contributed by atoms with van der Waals surface area (Å²) in [6, 6.07) is 7.45. The molecule has 1 aromatic carbocycles. The highest BCUT2D eigenvalue weighted by molar-refractivity contribution is 5.79. The van der Waals surface area contributed by atoms with E-state index in [2.05, 4.69) is 4.90 Å². The third kappa shape index (κ3) is 5.02. The Hall–Kier alpha value is -1.59. The SMILES string of the molecule is CC(C)(O)CN1CCN(C(=O)Cc2ccc(N)cc2)CC1. The van der Waals surface area contributed by atoms with Gasteiger partial charge in [-0.15, -0.1) is 0 Å². The zero-order valence-corrected chi connectivity index (χ0v) is 12.9. The summed E-state index contributed by atoms with van der Waals surface area (Å²) in [4.78, 5) is 16.4. The molecule has 1 aromatic rings. The van der Waals surface area contributed by atoms with Crippen molar-refractivity contribution in [3.05, 3.63) is 29.8 Å². The summed E-state index contributed by atoms with van der Waals surface area (Å²) in [7, 11) is 0. The van der Waals surface area contributed by atoms with Gasteiger partial charge in [-0.05, 0) is 31.5 Å². The molecule has 1 heterocycles. The standard InChI is InChI=1S/C16H25N3O2/c1-16(2,21)12-18-7-9-19(10-8-18)15(20)11-13-3-5-14(17)6-4-13/h3-6,21H,7-12,17H2,1-2H3. The van der Waals surface area contributed by atoms with Crippen LogP contribution in [0.15, 0.2) is 24.3 Å². The number of amides is 1. The first-order valence-corrected chi connectivity index (χ1v) is 7.40. The van der Waals surface area contributed by atoms with Crippen LogP contribution in [0.25, 0.3) is 0 Å². The third-order valence-corrected chi connectivity index (χ3v) is 3.67. The molecule has 1 saturated heterocycles. The highest BCUT2D eigenvalue weighted by Crippen LogP contribution is 2.11. The Morgan fingerprint density at radius 3 is 2.29 bits per heavy atom. The van der Waals surface area contributed by atoms with E-state index in [1.54, 1.807) is 0 Å². The number of anilines is 1. The van der Waals surface area contributed by atoms with Crippen molar-refractivity contribution in [3.63, 3.8) is 0 Å². The van der Waals surface area contributed by atoms with Gasteiger partial charge in [-0.1, -0.05) is 12.1 Å². The van der Waals surface area contributed by atoms with Crippen molar-refractivity contribution in [1.82, 2.24) is 9.80 Å². The minimum absolute atomic E-state index is 0.155. The van der Waals surface area contributed by atoms with Crippen LogP contribution >= 0.6 is 0 Å². The van der Waals surface area contributed by atoms with Crippen LogP contribution in [0.1, 0.15) is 19.4 Å². The van der Waals surface area contributed by atoms with Crippen molar-refractivity contribution in [2.75, 3.05) is 38.5 Å². The highest BCUT2D eigenvalue weighted by atomic mass is 16.3. The molecule has 1 fully saturated rings. The van der Waals surface area contributed by atoms with Gasteiger partial charge >= 0.3 is 0 Å². The minimum Gasteiger partial charge on any atom is -0.399 e. The number of aliphatic hydroxyl groups is 1. The molecule has 0 unspecified atom stereocenters. The fourth-order valence-corrected chi connectivity index (χ4v) is 2.62. The molecule has 5 nitrogen and oxygen atoms in total. The zero-order chi connectivity index (χ0) is 15.5. The quantitative estimate of drug-likeness (QED) is 0.802. The van der Waals surface area contributed by atoms with Gasteiger partial charge in [-0.3, -0.25) is 9.69 Å². The molecule has 0 aromatic heterocycles. The number of hydrogen-bond donors (Lipinski definition) is 2. The van der Waals surface area contributed by atoms with Crippen LogP contribution in [-0.4, -0.2) is 59.1 Å². The maximum absolute atomic E-state index is 12.3. The van der Waals surface area contributed by atoms with E-state index in [-0.39, 0.29) is 5.91 Å². The lowest BCUT2D eigenvalue weighted by Gasteiger charge is -2.37. The van der Waals surface area contributed by atoms with Gasteiger partial charge in [-0.2, -0.15) is 0 Å². The number of β-amino-alcohol motifs (C(OH)–C–C–N with tert-alkyl or cyclic N) is 1. The summed E-state index contributed by atoms with van der Waals surface area (Å²) in [5.74, 6) is 0.155. The number of nitrogens with zero attached hydrogens (tertiary/aromatic N) is 2. The largest absolute Gasteiger partial charge is 0.399 e. The molecule has 0 aliphatic carbocycles. The average Bonchev–Trinajstić information content (AvgIpc) is 2.40. The van der Waals surface area contributed by atoms with E-state index in [0.29, 0.717) is 18.7 Å². The van der Waals surface area contributed by atoms with E-state index in [0.717, 1.165) is 31.7 Å². The maximum atomic E-state index is 12.3. The minimum atomic E-state index is -0.684. The van der Waals surface area contributed by atoms with Crippen LogP contribution in [0.3, 0.4) is 0 Å². The average molecular weight is 291 g/mol. The van der Waals surface area contributed by atoms with Crippen LogP contribution in [0, 0.1) is 0 Å². The number of nitrogens with two attached hydrogens (primary N) is 1. The summed E-state index contributed by atoms with van der Waals surface area (Å²) in [6.45, 7) is 7.35. The Labute approximate surface area is 126 Å². The van der Waals surface area contributed by atoms with Crippen molar-refractivity contribution < 1.29 is 9.90 Å². The number of rotatable bonds is 4. The molecular weight excluding hydrogens is 266 g/mol. The van der Waals surface area contributed by atoms with E-state index in [1.165, 1.54) is 0 Å². The van der Waals surface area contributed by atoms with Crippen LogP contribution < -0.4 is 5.73 Å². The predicted molar refractivity (Wildman–Crippen MR) is 83.9 cm³/mol. The molecule has 5 heteroatoms. The lowest BCUT2D eigenvalue weighted by molar-refractivity contribution is -0.132. The van der Waals surface area contributed by atoms with E-state index >= 15 is 0 Å². The molecular formula is C16H25N3O2. The first-order chi connectivity index (χ1) is 9.83. The molecule has 1 aliphatic rings. The molecule has 0 saturated carbocycles. The molecule has 1 amide bonds. The van der Waals surface area contributed by atoms with Gasteiger partial charge in [0.1, 0.15) is 0 Å². The van der Waals surface area contributed by atoms with Gasteiger partial charge < -0.3 is 15.7 Å². The first kappa shape index (κ1) is 15.8. The van der Waals surface area contributed by atoms with Crippen LogP contribution in [-0.2, 0) is 11.2 Å². The Balaban J connectivity index is 1.81. The molecule has 0 atom stereocenters. The molecule has 1 aliphatic heterocycles. The second-order valence-electron chi connectivity index (χ2n) is 6.39. The predicted octanol–water partition coefficient (Wildman–Crippen LogP) is 0.726. The summed E-state index contributed by atoms with van der Waals surface area (Å²) in [5, 5.41) is 9.83. The summed E-state index contributed by atoms with van der Waals surface area (Å²) in [6.07, 6.45) is 0.422. The molecule has 0 bridgehead atoms. The zero-order valence-electron chi connectivity index (χ0n) is 12.9. The van der Waals surface area contributed by atoms with Crippen molar-refractivity contribution in [2.45, 2.75) is 25.9 Å². The highest BCUT2D eigenvalue weighted by Gasteiger charge is 2.24. The van der Waals surface area contributed by atoms with Crippen molar-refractivity contribution in [1.29, 1.82) is 0 Å². The van der Waals surface area contributed by atoms with Gasteiger partial charge in [0, 0.05) is 38.4 Å². The first-order valence-electron chi connectivity index (χ1n) is 7.40. The number of carbonyl (C=O) groups excluding carboxylic acids is 1. The van der Waals surface area contributed by atoms with Gasteiger partial charge in [0.15, 0.2) is 0 Å². The van der Waals surface area contributed by atoms with Gasteiger partial charge in [0.05, 0.1) is 12.0 Å². The Kier molecular flexibility index (Phi) is 4.85. The Morgan fingerprint density at radius 1 is 1.19 bits per heavy atom. The van der Waals surface area contributed by atoms with Gasteiger partial charge in [0.25, 0.3) is 0 Å². The molecule has 2 rings (SSSR count). The summed E-state index contributed by atoms with van der Waals surface area (Å²) in [5.41, 5.74) is 6.67. The van der Waals surface area contributed by atoms with Gasteiger partial charge in [0.2, 0.25) is 5.91 Å². The number of benzene rings is 1. The number of hydrogen-bond acceptors (Lipinski definition) is 4. The molecule has 21 heavy (non-hydrogen) atoms. The Morgan fingerprint density at radius 2 is 1.76 bits per heavy atom. The maximum Gasteiger partial charge on any atom is 0.227 e. The molecule has 116 valence electrons. The van der Waals surface area contributed by atoms with E-state index in [9.17, 15) is 9.90 Å². The smallest absolute Gasteiger partial charge is 0.227 e. The topological polar surface area (TPSA) is 69.8 Å². The number of nitrogen functional groups attached to an aromatic ring is 1. The van der Waals surface area contributed by atoms with E-state index in [4.69, 9.17) is 5.73 Å². The van der Waals surface area contributed by atoms with Crippen molar-refractivity contribution in [2.24, 2.45) is 0 Å². The van der Waals surface area contributed by atoms with Crippen LogP contribution in [0.2, 0.25) is 0 Å². The lowest BCUT2D eigenvalue weighted by Crippen LogP contribution is -2.52. The monoisotopic (exact) mass is 291 g/mol. The van der Waals surface area contributed by atoms with Crippen molar-refractivity contribution in [3.8, 4) is 0 Å². The second kappa shape index (κ2) is 6.45. The third-order valence-electron chi connectivity index (χ3n) is 3.67. The second-order valence-corrected chi connectivity index (χ2v) is 6.39.